The zero-order valence-electron chi connectivity index (χ0n) is 14.0. The summed E-state index contributed by atoms with van der Waals surface area (Å²) >= 11 is 0. The summed E-state index contributed by atoms with van der Waals surface area (Å²) in [6, 6.07) is 19.7. The number of aryl methyl sites for hydroxylation is 1. The van der Waals surface area contributed by atoms with Crippen molar-refractivity contribution in [1.29, 1.82) is 0 Å². The van der Waals surface area contributed by atoms with Crippen molar-refractivity contribution >= 4 is 5.97 Å². The van der Waals surface area contributed by atoms with Gasteiger partial charge in [-0.1, -0.05) is 48.2 Å². The highest BCUT2D eigenvalue weighted by molar-refractivity contribution is 5.72. The Bertz CT molecular complexity index is 1000. The molecule has 0 saturated carbocycles. The van der Waals surface area contributed by atoms with Gasteiger partial charge in [-0.05, 0) is 24.3 Å². The molecule has 0 radical (unpaired) electrons. The number of esters is 1. The molecule has 3 rings (SSSR count). The third-order valence-electron chi connectivity index (χ3n) is 3.50. The molecule has 0 aliphatic rings. The molecule has 26 heavy (non-hydrogen) atoms. The number of para-hydroxylation sites is 1. The summed E-state index contributed by atoms with van der Waals surface area (Å²) < 4.78 is 6.40. The van der Waals surface area contributed by atoms with Gasteiger partial charge in [-0.25, -0.2) is 4.68 Å². The van der Waals surface area contributed by atoms with Crippen LogP contribution in [0, 0.1) is 11.8 Å². The summed E-state index contributed by atoms with van der Waals surface area (Å²) in [6.45, 7) is 0.150. The van der Waals surface area contributed by atoms with Gasteiger partial charge >= 0.3 is 5.97 Å². The minimum Gasteiger partial charge on any atom is -0.426 e. The Kier molecular flexibility index (Phi) is 5.58. The molecule has 128 valence electrons. The van der Waals surface area contributed by atoms with E-state index in [1.807, 2.05) is 36.4 Å². The predicted octanol–water partition coefficient (Wildman–Crippen LogP) is 2.64. The molecule has 0 bridgehead atoms. The van der Waals surface area contributed by atoms with Crippen LogP contribution in [0.5, 0.6) is 5.75 Å². The lowest BCUT2D eigenvalue weighted by atomic mass is 10.2. The highest BCUT2D eigenvalue weighted by Gasteiger charge is 2.07. The molecule has 5 heteroatoms. The van der Waals surface area contributed by atoms with Crippen LogP contribution in [-0.4, -0.2) is 15.7 Å². The first-order chi connectivity index (χ1) is 12.7. The van der Waals surface area contributed by atoms with Gasteiger partial charge in [0.2, 0.25) is 0 Å². The summed E-state index contributed by atoms with van der Waals surface area (Å²) in [7, 11) is 0. The lowest BCUT2D eigenvalue weighted by molar-refractivity contribution is -0.134. The van der Waals surface area contributed by atoms with E-state index in [1.54, 1.807) is 24.3 Å². The lowest BCUT2D eigenvalue weighted by Crippen LogP contribution is -2.24. The Morgan fingerprint density at radius 2 is 1.62 bits per heavy atom. The SMILES string of the molecule is O=C(CCn1ncc(C#Cc2ccccc2)cc1=O)Oc1ccccc1. The van der Waals surface area contributed by atoms with Gasteiger partial charge in [0.1, 0.15) is 5.75 Å². The second-order valence-electron chi connectivity index (χ2n) is 5.46. The van der Waals surface area contributed by atoms with E-state index >= 15 is 0 Å². The number of ether oxygens (including phenoxy) is 1. The second kappa shape index (κ2) is 8.45. The summed E-state index contributed by atoms with van der Waals surface area (Å²) in [5, 5.41) is 4.06. The monoisotopic (exact) mass is 344 g/mol. The van der Waals surface area contributed by atoms with Crippen molar-refractivity contribution in [3.63, 3.8) is 0 Å². The Labute approximate surface area is 150 Å². The van der Waals surface area contributed by atoms with Crippen molar-refractivity contribution in [2.24, 2.45) is 0 Å². The normalized spacial score (nSPS) is 9.85. The highest BCUT2D eigenvalue weighted by atomic mass is 16.5. The standard InChI is InChI=1S/C21H16N2O3/c24-20-15-18(12-11-17-7-3-1-4-8-17)16-22-23(20)14-13-21(25)26-19-9-5-2-6-10-19/h1-10,15-16H,13-14H2. The third kappa shape index (κ3) is 4.92. The van der Waals surface area contributed by atoms with Gasteiger partial charge in [-0.15, -0.1) is 0 Å². The average molecular weight is 344 g/mol. The first-order valence-electron chi connectivity index (χ1n) is 8.11. The minimum atomic E-state index is -0.419. The minimum absolute atomic E-state index is 0.0524. The molecule has 5 nitrogen and oxygen atoms in total. The van der Waals surface area contributed by atoms with Crippen LogP contribution in [0.2, 0.25) is 0 Å². The molecule has 3 aromatic rings. The van der Waals surface area contributed by atoms with E-state index in [4.69, 9.17) is 4.74 Å². The number of hydrogen-bond acceptors (Lipinski definition) is 4. The molecule has 0 spiro atoms. The fourth-order valence-corrected chi connectivity index (χ4v) is 2.20. The molecular formula is C21H16N2O3. The van der Waals surface area contributed by atoms with Crippen molar-refractivity contribution in [3.05, 3.63) is 94.4 Å². The number of rotatable bonds is 4. The molecule has 0 aliphatic heterocycles. The van der Waals surface area contributed by atoms with Crippen LogP contribution in [0.15, 0.2) is 77.7 Å². The van der Waals surface area contributed by atoms with Crippen molar-refractivity contribution < 1.29 is 9.53 Å². The van der Waals surface area contributed by atoms with Crippen molar-refractivity contribution in [1.82, 2.24) is 9.78 Å². The topological polar surface area (TPSA) is 61.2 Å². The summed E-state index contributed by atoms with van der Waals surface area (Å²) in [5.74, 6) is 5.94. The number of aromatic nitrogens is 2. The Morgan fingerprint density at radius 3 is 2.31 bits per heavy atom. The van der Waals surface area contributed by atoms with Gasteiger partial charge in [0, 0.05) is 11.6 Å². The molecule has 0 amide bonds. The fraction of sp³-hybridized carbons (Fsp3) is 0.0952. The van der Waals surface area contributed by atoms with Crippen LogP contribution in [0.1, 0.15) is 17.5 Å². The zero-order chi connectivity index (χ0) is 18.2. The Balaban J connectivity index is 1.60. The quantitative estimate of drug-likeness (QED) is 0.415. The molecular weight excluding hydrogens is 328 g/mol. The number of carbonyl (C=O) groups excluding carboxylic acids is 1. The zero-order valence-corrected chi connectivity index (χ0v) is 14.0. The number of nitrogens with zero attached hydrogens (tertiary/aromatic N) is 2. The van der Waals surface area contributed by atoms with Gasteiger partial charge in [-0.2, -0.15) is 5.10 Å². The van der Waals surface area contributed by atoms with Gasteiger partial charge < -0.3 is 4.74 Å². The molecule has 0 N–H and O–H groups in total. The van der Waals surface area contributed by atoms with Gasteiger partial charge in [-0.3, -0.25) is 9.59 Å². The molecule has 1 aromatic heterocycles. The first-order valence-corrected chi connectivity index (χ1v) is 8.11. The van der Waals surface area contributed by atoms with Gasteiger partial charge in [0.05, 0.1) is 24.7 Å². The maximum Gasteiger partial charge on any atom is 0.313 e. The van der Waals surface area contributed by atoms with Crippen molar-refractivity contribution in [3.8, 4) is 17.6 Å². The van der Waals surface area contributed by atoms with E-state index in [-0.39, 0.29) is 18.5 Å². The maximum absolute atomic E-state index is 12.1. The van der Waals surface area contributed by atoms with Crippen LogP contribution in [0.3, 0.4) is 0 Å². The highest BCUT2D eigenvalue weighted by Crippen LogP contribution is 2.09. The van der Waals surface area contributed by atoms with Gasteiger partial charge in [0.15, 0.2) is 0 Å². The molecule has 0 aliphatic carbocycles. The summed E-state index contributed by atoms with van der Waals surface area (Å²) in [5.41, 5.74) is 1.08. The van der Waals surface area contributed by atoms with Crippen LogP contribution in [0.25, 0.3) is 0 Å². The maximum atomic E-state index is 12.1. The fourth-order valence-electron chi connectivity index (χ4n) is 2.20. The third-order valence-corrected chi connectivity index (χ3v) is 3.50. The van der Waals surface area contributed by atoms with Crippen LogP contribution in [-0.2, 0) is 11.3 Å². The number of carbonyl (C=O) groups is 1. The van der Waals surface area contributed by atoms with E-state index < -0.39 is 5.97 Å². The largest absolute Gasteiger partial charge is 0.426 e. The second-order valence-corrected chi connectivity index (χ2v) is 5.46. The number of hydrogen-bond donors (Lipinski definition) is 0. The Morgan fingerprint density at radius 1 is 0.962 bits per heavy atom. The average Bonchev–Trinajstić information content (AvgIpc) is 2.67. The summed E-state index contributed by atoms with van der Waals surface area (Å²) in [4.78, 5) is 23.9. The first kappa shape index (κ1) is 17.2. The molecule has 2 aromatic carbocycles. The lowest BCUT2D eigenvalue weighted by Gasteiger charge is -2.05. The van der Waals surface area contributed by atoms with E-state index in [0.29, 0.717) is 11.3 Å². The van der Waals surface area contributed by atoms with Crippen LogP contribution in [0.4, 0.5) is 0 Å². The van der Waals surface area contributed by atoms with E-state index in [1.165, 1.54) is 16.9 Å². The molecule has 1 heterocycles. The predicted molar refractivity (Wildman–Crippen MR) is 97.6 cm³/mol. The van der Waals surface area contributed by atoms with Crippen LogP contribution < -0.4 is 10.3 Å². The molecule has 0 unspecified atom stereocenters. The molecule has 0 fully saturated rings. The van der Waals surface area contributed by atoms with Crippen LogP contribution >= 0.6 is 0 Å². The van der Waals surface area contributed by atoms with E-state index in [2.05, 4.69) is 16.9 Å². The van der Waals surface area contributed by atoms with Crippen molar-refractivity contribution in [2.45, 2.75) is 13.0 Å². The molecule has 0 saturated heterocycles. The smallest absolute Gasteiger partial charge is 0.313 e. The Hall–Kier alpha value is -3.65. The van der Waals surface area contributed by atoms with Gasteiger partial charge in [0.25, 0.3) is 5.56 Å². The van der Waals surface area contributed by atoms with E-state index in [0.717, 1.165) is 5.56 Å². The van der Waals surface area contributed by atoms with E-state index in [9.17, 15) is 9.59 Å². The van der Waals surface area contributed by atoms with Crippen molar-refractivity contribution in [2.75, 3.05) is 0 Å². The molecule has 0 atom stereocenters. The number of benzene rings is 2. The summed E-state index contributed by atoms with van der Waals surface area (Å²) in [6.07, 6.45) is 1.57.